The van der Waals surface area contributed by atoms with Gasteiger partial charge in [-0.05, 0) is 36.1 Å². The Bertz CT molecular complexity index is 1140. The second-order valence-electron chi connectivity index (χ2n) is 8.03. The Balaban J connectivity index is 1.59. The molecule has 4 N–H and O–H groups in total. The third kappa shape index (κ3) is 3.04. The summed E-state index contributed by atoms with van der Waals surface area (Å²) in [7, 11) is 1.39. The molecule has 1 fully saturated rings. The van der Waals surface area contributed by atoms with Gasteiger partial charge in [0, 0.05) is 29.7 Å². The molecule has 2 aromatic rings. The monoisotopic (exact) mass is 440 g/mol. The minimum atomic E-state index is -1.46. The smallest absolute Gasteiger partial charge is 0.259 e. The minimum Gasteiger partial charge on any atom is -0.507 e. The Labute approximate surface area is 183 Å². The number of amides is 1. The summed E-state index contributed by atoms with van der Waals surface area (Å²) < 4.78 is 5.38. The van der Waals surface area contributed by atoms with Crippen molar-refractivity contribution < 1.29 is 24.6 Å². The molecule has 7 nitrogen and oxygen atoms in total. The van der Waals surface area contributed by atoms with Gasteiger partial charge in [0.1, 0.15) is 6.26 Å². The van der Waals surface area contributed by atoms with Gasteiger partial charge >= 0.3 is 0 Å². The highest BCUT2D eigenvalue weighted by atomic mass is 35.5. The molecule has 1 unspecified atom stereocenters. The Kier molecular flexibility index (Phi) is 4.60. The van der Waals surface area contributed by atoms with Gasteiger partial charge in [0.2, 0.25) is 5.72 Å². The molecule has 1 atom stereocenters. The van der Waals surface area contributed by atoms with Crippen molar-refractivity contribution in [2.24, 2.45) is 0 Å². The lowest BCUT2D eigenvalue weighted by Crippen LogP contribution is -2.43. The molecule has 2 aromatic carbocycles. The fourth-order valence-corrected chi connectivity index (χ4v) is 4.42. The molecular formula is C23H21ClN2O5. The van der Waals surface area contributed by atoms with Crippen LogP contribution in [0.3, 0.4) is 0 Å². The molecule has 5 rings (SSSR count). The van der Waals surface area contributed by atoms with Gasteiger partial charge in [0.15, 0.2) is 5.76 Å². The van der Waals surface area contributed by atoms with Crippen LogP contribution in [0.5, 0.6) is 0 Å². The summed E-state index contributed by atoms with van der Waals surface area (Å²) in [6.45, 7) is 0.139. The largest absolute Gasteiger partial charge is 0.507 e. The second-order valence-corrected chi connectivity index (χ2v) is 8.44. The molecule has 160 valence electrons. The van der Waals surface area contributed by atoms with Crippen LogP contribution in [0.2, 0.25) is 5.02 Å². The van der Waals surface area contributed by atoms with E-state index >= 15 is 0 Å². The number of rotatable bonds is 5. The molecule has 3 aliphatic rings. The van der Waals surface area contributed by atoms with Crippen LogP contribution in [-0.2, 0) is 19.8 Å². The average molecular weight is 441 g/mol. The topological polar surface area (TPSA) is 100 Å². The van der Waals surface area contributed by atoms with Crippen molar-refractivity contribution in [1.29, 1.82) is 0 Å². The van der Waals surface area contributed by atoms with Crippen molar-refractivity contribution in [3.63, 3.8) is 0 Å². The number of benzene rings is 2. The van der Waals surface area contributed by atoms with Gasteiger partial charge in [-0.3, -0.25) is 4.79 Å². The van der Waals surface area contributed by atoms with E-state index in [1.165, 1.54) is 19.4 Å². The number of hydroxylamine groups is 1. The van der Waals surface area contributed by atoms with Crippen LogP contribution in [0.25, 0.3) is 16.7 Å². The van der Waals surface area contributed by atoms with Gasteiger partial charge in [-0.15, -0.1) is 5.48 Å². The van der Waals surface area contributed by atoms with E-state index in [1.54, 1.807) is 12.1 Å². The van der Waals surface area contributed by atoms with E-state index in [1.807, 2.05) is 24.3 Å². The number of carbonyl (C=O) groups is 1. The summed E-state index contributed by atoms with van der Waals surface area (Å²) in [5, 5.41) is 23.8. The number of aliphatic hydroxyl groups is 2. The molecule has 0 radical (unpaired) electrons. The predicted molar refractivity (Wildman–Crippen MR) is 116 cm³/mol. The van der Waals surface area contributed by atoms with Crippen LogP contribution in [0, 0.1) is 0 Å². The quantitative estimate of drug-likeness (QED) is 0.418. The van der Waals surface area contributed by atoms with Crippen LogP contribution in [0.15, 0.2) is 54.5 Å². The lowest BCUT2D eigenvalue weighted by molar-refractivity contribution is -0.111. The standard InChI is InChI=1S/C23H21ClN2O5/c1-30-23(8-9-31-26-23)20(28)19-16-10-15(17(24)11-18(16)25-21(19)29)13-2-4-14(5-3-13)22(12-27)6-7-22/h2-5,8-11,26-28H,6-7,12H2,1H3,(H,25,29). The fraction of sp³-hybridized carbons (Fsp3) is 0.261. The molecular weight excluding hydrogens is 420 g/mol. The third-order valence-corrected chi connectivity index (χ3v) is 6.62. The van der Waals surface area contributed by atoms with Crippen molar-refractivity contribution >= 4 is 28.8 Å². The number of ether oxygens (including phenoxy) is 1. The molecule has 0 saturated heterocycles. The number of anilines is 1. The number of hydrogen-bond acceptors (Lipinski definition) is 6. The number of carbonyl (C=O) groups excluding carboxylic acids is 1. The van der Waals surface area contributed by atoms with Gasteiger partial charge in [-0.25, -0.2) is 0 Å². The first-order valence-electron chi connectivity index (χ1n) is 9.89. The number of methoxy groups -OCH3 is 1. The van der Waals surface area contributed by atoms with Gasteiger partial charge in [0.05, 0.1) is 22.9 Å². The first-order chi connectivity index (χ1) is 14.9. The summed E-state index contributed by atoms with van der Waals surface area (Å²) in [6, 6.07) is 11.4. The van der Waals surface area contributed by atoms with E-state index < -0.39 is 11.6 Å². The lowest BCUT2D eigenvalue weighted by Gasteiger charge is -2.24. The number of fused-ring (bicyclic) bond motifs is 1. The summed E-state index contributed by atoms with van der Waals surface area (Å²) >= 11 is 6.53. The van der Waals surface area contributed by atoms with E-state index in [4.69, 9.17) is 21.2 Å². The molecule has 1 amide bonds. The molecule has 31 heavy (non-hydrogen) atoms. The van der Waals surface area contributed by atoms with E-state index in [0.717, 1.165) is 29.5 Å². The van der Waals surface area contributed by atoms with Crippen LogP contribution in [0.4, 0.5) is 5.69 Å². The van der Waals surface area contributed by atoms with E-state index in [-0.39, 0.29) is 23.4 Å². The minimum absolute atomic E-state index is 0.0752. The molecule has 8 heteroatoms. The fourth-order valence-electron chi connectivity index (χ4n) is 4.14. The van der Waals surface area contributed by atoms with Crippen molar-refractivity contribution in [3.05, 3.63) is 70.6 Å². The van der Waals surface area contributed by atoms with Crippen LogP contribution in [-0.4, -0.2) is 35.6 Å². The van der Waals surface area contributed by atoms with Crippen molar-refractivity contribution in [2.45, 2.75) is 24.0 Å². The highest BCUT2D eigenvalue weighted by molar-refractivity contribution is 6.36. The molecule has 0 bridgehead atoms. The number of aliphatic hydroxyl groups excluding tert-OH is 2. The summed E-state index contributed by atoms with van der Waals surface area (Å²) in [4.78, 5) is 17.7. The zero-order chi connectivity index (χ0) is 21.8. The SMILES string of the molecule is COC1(C(O)=C2C(=O)Nc3cc(Cl)c(-c4ccc(C5(CO)CC5)cc4)cc32)C=CON1. The normalized spacial score (nSPS) is 24.5. The predicted octanol–water partition coefficient (Wildman–Crippen LogP) is 3.64. The maximum absolute atomic E-state index is 12.7. The zero-order valence-corrected chi connectivity index (χ0v) is 17.5. The third-order valence-electron chi connectivity index (χ3n) is 6.31. The Morgan fingerprint density at radius 2 is 1.97 bits per heavy atom. The maximum atomic E-state index is 12.7. The number of halogens is 1. The van der Waals surface area contributed by atoms with Gasteiger partial charge in [-0.2, -0.15) is 0 Å². The van der Waals surface area contributed by atoms with Gasteiger partial charge in [0.25, 0.3) is 5.91 Å². The number of nitrogens with one attached hydrogen (secondary N) is 2. The summed E-state index contributed by atoms with van der Waals surface area (Å²) in [5.41, 5.74) is 4.78. The first kappa shape index (κ1) is 20.1. The number of hydrogen-bond donors (Lipinski definition) is 4. The van der Waals surface area contributed by atoms with Gasteiger partial charge in [-0.1, -0.05) is 35.9 Å². The first-order valence-corrected chi connectivity index (χ1v) is 10.3. The van der Waals surface area contributed by atoms with Crippen molar-refractivity contribution in [1.82, 2.24) is 5.48 Å². The Hall–Kier alpha value is -2.84. The Morgan fingerprint density at radius 1 is 1.23 bits per heavy atom. The van der Waals surface area contributed by atoms with Crippen molar-refractivity contribution in [3.8, 4) is 11.1 Å². The Morgan fingerprint density at radius 3 is 2.55 bits per heavy atom. The van der Waals surface area contributed by atoms with Gasteiger partial charge < -0.3 is 25.1 Å². The zero-order valence-electron chi connectivity index (χ0n) is 16.7. The van der Waals surface area contributed by atoms with E-state index in [0.29, 0.717) is 16.3 Å². The summed E-state index contributed by atoms with van der Waals surface area (Å²) in [5.74, 6) is -0.782. The average Bonchev–Trinajstić information content (AvgIpc) is 3.31. The highest BCUT2D eigenvalue weighted by Gasteiger charge is 2.44. The second kappa shape index (κ2) is 7.10. The molecule has 2 heterocycles. The van der Waals surface area contributed by atoms with E-state index in [2.05, 4.69) is 10.8 Å². The van der Waals surface area contributed by atoms with Crippen LogP contribution >= 0.6 is 11.6 Å². The molecule has 0 aromatic heterocycles. The van der Waals surface area contributed by atoms with Crippen molar-refractivity contribution in [2.75, 3.05) is 19.0 Å². The molecule has 0 spiro atoms. The molecule has 1 saturated carbocycles. The van der Waals surface area contributed by atoms with Crippen LogP contribution in [0.1, 0.15) is 24.0 Å². The molecule has 1 aliphatic carbocycles. The lowest BCUT2D eigenvalue weighted by atomic mass is 9.93. The van der Waals surface area contributed by atoms with Crippen LogP contribution < -0.4 is 10.8 Å². The summed E-state index contributed by atoms with van der Waals surface area (Å²) in [6.07, 6.45) is 4.78. The highest BCUT2D eigenvalue weighted by Crippen LogP contribution is 2.48. The van der Waals surface area contributed by atoms with E-state index in [9.17, 15) is 15.0 Å². The maximum Gasteiger partial charge on any atom is 0.259 e. The molecule has 2 aliphatic heterocycles.